The number of benzene rings is 2. The van der Waals surface area contributed by atoms with Crippen molar-refractivity contribution in [3.63, 3.8) is 0 Å². The van der Waals surface area contributed by atoms with Crippen LogP contribution in [0.25, 0.3) is 6.08 Å². The van der Waals surface area contributed by atoms with Crippen molar-refractivity contribution in [2.24, 2.45) is 0 Å². The highest BCUT2D eigenvalue weighted by Crippen LogP contribution is 2.23. The summed E-state index contributed by atoms with van der Waals surface area (Å²) in [6.45, 7) is 5.17. The van der Waals surface area contributed by atoms with Crippen LogP contribution >= 0.6 is 0 Å². The zero-order chi connectivity index (χ0) is 18.9. The Hall–Kier alpha value is -2.63. The minimum absolute atomic E-state index is 0.520. The zero-order valence-corrected chi connectivity index (χ0v) is 15.6. The molecule has 0 saturated carbocycles. The van der Waals surface area contributed by atoms with E-state index >= 15 is 0 Å². The van der Waals surface area contributed by atoms with Crippen molar-refractivity contribution in [1.29, 1.82) is 0 Å². The lowest BCUT2D eigenvalue weighted by molar-refractivity contribution is -0.124. The van der Waals surface area contributed by atoms with Crippen LogP contribution in [0.5, 0.6) is 0 Å². The van der Waals surface area contributed by atoms with Gasteiger partial charge in [0.2, 0.25) is 0 Å². The van der Waals surface area contributed by atoms with Crippen LogP contribution in [0.2, 0.25) is 0 Å². The molecule has 0 aliphatic carbocycles. The molecule has 1 saturated heterocycles. The second kappa shape index (κ2) is 9.90. The molecular formula is C22H27N3O2. The summed E-state index contributed by atoms with van der Waals surface area (Å²) < 4.78 is 0. The molecule has 0 bridgehead atoms. The van der Waals surface area contributed by atoms with Crippen LogP contribution in [0, 0.1) is 0 Å². The summed E-state index contributed by atoms with van der Waals surface area (Å²) >= 11 is 0. The van der Waals surface area contributed by atoms with E-state index in [0.29, 0.717) is 0 Å². The summed E-state index contributed by atoms with van der Waals surface area (Å²) in [6.07, 6.45) is 5.40. The first-order chi connectivity index (χ1) is 13.3. The van der Waals surface area contributed by atoms with Crippen LogP contribution in [-0.4, -0.2) is 48.7 Å². The predicted molar refractivity (Wildman–Crippen MR) is 109 cm³/mol. The molecule has 2 N–H and O–H groups in total. The normalized spacial score (nSPS) is 15.2. The highest BCUT2D eigenvalue weighted by atomic mass is 16.5. The van der Waals surface area contributed by atoms with Gasteiger partial charge in [-0.25, -0.2) is 5.48 Å². The van der Waals surface area contributed by atoms with Gasteiger partial charge < -0.3 is 4.90 Å². The van der Waals surface area contributed by atoms with Gasteiger partial charge in [-0.05, 0) is 42.7 Å². The van der Waals surface area contributed by atoms with Gasteiger partial charge in [-0.1, -0.05) is 48.5 Å². The van der Waals surface area contributed by atoms with Gasteiger partial charge in [0.05, 0.1) is 0 Å². The minimum Gasteiger partial charge on any atom is -0.368 e. The fourth-order valence-corrected chi connectivity index (χ4v) is 3.48. The van der Waals surface area contributed by atoms with E-state index < -0.39 is 5.91 Å². The van der Waals surface area contributed by atoms with Crippen molar-refractivity contribution in [2.75, 3.05) is 37.6 Å². The van der Waals surface area contributed by atoms with E-state index in [2.05, 4.69) is 46.2 Å². The molecule has 2 aromatic rings. The van der Waals surface area contributed by atoms with Crippen LogP contribution in [-0.2, 0) is 11.2 Å². The number of carbonyl (C=O) groups excluding carboxylic acids is 1. The third kappa shape index (κ3) is 5.67. The molecular weight excluding hydrogens is 338 g/mol. The monoisotopic (exact) mass is 365 g/mol. The molecule has 142 valence electrons. The lowest BCUT2D eigenvalue weighted by Crippen LogP contribution is -2.46. The summed E-state index contributed by atoms with van der Waals surface area (Å²) in [5.74, 6) is -0.520. The molecule has 1 aliphatic heterocycles. The van der Waals surface area contributed by atoms with Gasteiger partial charge in [0.25, 0.3) is 5.91 Å². The molecule has 1 fully saturated rings. The Balaban J connectivity index is 1.50. The van der Waals surface area contributed by atoms with Crippen molar-refractivity contribution in [3.8, 4) is 0 Å². The second-order valence-electron chi connectivity index (χ2n) is 6.79. The quantitative estimate of drug-likeness (QED) is 0.450. The number of amides is 1. The molecule has 2 aromatic carbocycles. The number of anilines is 1. The van der Waals surface area contributed by atoms with E-state index in [1.54, 1.807) is 11.6 Å². The number of hydrogen-bond donors (Lipinski definition) is 2. The molecule has 1 aliphatic rings. The molecule has 5 heteroatoms. The molecule has 0 spiro atoms. The number of piperazine rings is 1. The number of carbonyl (C=O) groups is 1. The maximum absolute atomic E-state index is 11.3. The zero-order valence-electron chi connectivity index (χ0n) is 15.6. The highest BCUT2D eigenvalue weighted by molar-refractivity contribution is 5.91. The second-order valence-corrected chi connectivity index (χ2v) is 6.79. The van der Waals surface area contributed by atoms with E-state index in [4.69, 9.17) is 5.21 Å². The first-order valence-corrected chi connectivity index (χ1v) is 9.48. The lowest BCUT2D eigenvalue weighted by atomic mass is 10.1. The SMILES string of the molecule is O=C(/C=C/c1ccccc1N1CCN(CCCc2ccccc2)CC1)NO. The fraction of sp³-hybridized carbons (Fsp3) is 0.318. The van der Waals surface area contributed by atoms with Gasteiger partial charge in [-0.3, -0.25) is 14.9 Å². The number of nitrogens with zero attached hydrogens (tertiary/aromatic N) is 2. The molecule has 3 rings (SSSR count). The average Bonchev–Trinajstić information content (AvgIpc) is 2.73. The Kier molecular flexibility index (Phi) is 7.02. The topological polar surface area (TPSA) is 55.8 Å². The fourth-order valence-electron chi connectivity index (χ4n) is 3.48. The van der Waals surface area contributed by atoms with Crippen LogP contribution in [0.3, 0.4) is 0 Å². The van der Waals surface area contributed by atoms with E-state index in [-0.39, 0.29) is 0 Å². The van der Waals surface area contributed by atoms with Gasteiger partial charge in [0.15, 0.2) is 0 Å². The summed E-state index contributed by atoms with van der Waals surface area (Å²) in [7, 11) is 0. The number of hydroxylamine groups is 1. The summed E-state index contributed by atoms with van der Waals surface area (Å²) in [4.78, 5) is 16.1. The maximum atomic E-state index is 11.3. The Morgan fingerprint density at radius 2 is 1.70 bits per heavy atom. The van der Waals surface area contributed by atoms with Crippen LogP contribution in [0.15, 0.2) is 60.7 Å². The molecule has 27 heavy (non-hydrogen) atoms. The van der Waals surface area contributed by atoms with Gasteiger partial charge in [0.1, 0.15) is 0 Å². The van der Waals surface area contributed by atoms with Gasteiger partial charge in [0, 0.05) is 37.9 Å². The predicted octanol–water partition coefficient (Wildman–Crippen LogP) is 2.96. The van der Waals surface area contributed by atoms with Gasteiger partial charge in [-0.15, -0.1) is 0 Å². The Morgan fingerprint density at radius 3 is 2.44 bits per heavy atom. The van der Waals surface area contributed by atoms with Crippen molar-refractivity contribution in [2.45, 2.75) is 12.8 Å². The lowest BCUT2D eigenvalue weighted by Gasteiger charge is -2.36. The highest BCUT2D eigenvalue weighted by Gasteiger charge is 2.18. The molecule has 0 atom stereocenters. The van der Waals surface area contributed by atoms with E-state index in [1.165, 1.54) is 18.1 Å². The third-order valence-electron chi connectivity index (χ3n) is 4.96. The Bertz CT molecular complexity index is 753. The molecule has 1 heterocycles. The molecule has 1 amide bonds. The van der Waals surface area contributed by atoms with E-state index in [0.717, 1.165) is 50.4 Å². The standard InChI is InChI=1S/C22H27N3O2/c26-22(23-27)13-12-20-10-4-5-11-21(20)25-17-15-24(16-18-25)14-6-9-19-7-2-1-3-8-19/h1-5,7-8,10-13,27H,6,9,14-18H2,(H,23,26)/b13-12+. The number of aryl methyl sites for hydroxylation is 1. The number of para-hydroxylation sites is 1. The Labute approximate surface area is 160 Å². The third-order valence-corrected chi connectivity index (χ3v) is 4.96. The average molecular weight is 365 g/mol. The summed E-state index contributed by atoms with van der Waals surface area (Å²) in [5.41, 5.74) is 5.14. The number of rotatable bonds is 7. The first-order valence-electron chi connectivity index (χ1n) is 9.48. The van der Waals surface area contributed by atoms with Gasteiger partial charge >= 0.3 is 0 Å². The van der Waals surface area contributed by atoms with Crippen molar-refractivity contribution >= 4 is 17.7 Å². The maximum Gasteiger partial charge on any atom is 0.267 e. The molecule has 0 radical (unpaired) electrons. The van der Waals surface area contributed by atoms with Crippen LogP contribution < -0.4 is 10.4 Å². The van der Waals surface area contributed by atoms with Crippen LogP contribution in [0.1, 0.15) is 17.5 Å². The Morgan fingerprint density at radius 1 is 1.00 bits per heavy atom. The number of hydrogen-bond acceptors (Lipinski definition) is 4. The van der Waals surface area contributed by atoms with E-state index in [9.17, 15) is 4.79 Å². The molecule has 0 unspecified atom stereocenters. The molecule has 0 aromatic heterocycles. The summed E-state index contributed by atoms with van der Waals surface area (Å²) in [5, 5.41) is 8.64. The van der Waals surface area contributed by atoms with Crippen LogP contribution in [0.4, 0.5) is 5.69 Å². The van der Waals surface area contributed by atoms with Crippen molar-refractivity contribution in [3.05, 3.63) is 71.8 Å². The summed E-state index contributed by atoms with van der Waals surface area (Å²) in [6, 6.07) is 18.7. The smallest absolute Gasteiger partial charge is 0.267 e. The van der Waals surface area contributed by atoms with Gasteiger partial charge in [-0.2, -0.15) is 0 Å². The van der Waals surface area contributed by atoms with E-state index in [1.807, 2.05) is 18.2 Å². The minimum atomic E-state index is -0.520. The first kappa shape index (κ1) is 19.1. The number of nitrogens with one attached hydrogen (secondary N) is 1. The largest absolute Gasteiger partial charge is 0.368 e. The van der Waals surface area contributed by atoms with Crippen molar-refractivity contribution < 1.29 is 10.0 Å². The molecule has 5 nitrogen and oxygen atoms in total. The van der Waals surface area contributed by atoms with Crippen molar-refractivity contribution in [1.82, 2.24) is 10.4 Å².